The summed E-state index contributed by atoms with van der Waals surface area (Å²) in [5.41, 5.74) is -0.895. The van der Waals surface area contributed by atoms with E-state index in [0.29, 0.717) is 31.9 Å². The molecule has 24 heavy (non-hydrogen) atoms. The largest absolute Gasteiger partial charge is 0.417 e. The molecule has 0 radical (unpaired) electrons. The molecule has 0 aromatic carbocycles. The lowest BCUT2D eigenvalue weighted by Crippen LogP contribution is -2.54. The van der Waals surface area contributed by atoms with Crippen LogP contribution in [0.3, 0.4) is 0 Å². The molecular formula is C15H16F3N3O2S. The molecule has 1 fully saturated rings. The van der Waals surface area contributed by atoms with Crippen molar-refractivity contribution in [1.82, 2.24) is 9.88 Å². The van der Waals surface area contributed by atoms with Crippen LogP contribution in [0.15, 0.2) is 29.8 Å². The third-order valence-corrected chi connectivity index (χ3v) is 5.68. The summed E-state index contributed by atoms with van der Waals surface area (Å²) in [6.45, 7) is 4.75. The number of hydrogen-bond acceptors (Lipinski definition) is 4. The first-order chi connectivity index (χ1) is 11.3. The molecule has 0 spiro atoms. The molecule has 1 aromatic rings. The Bertz CT molecular complexity index is 708. The molecule has 9 heteroatoms. The van der Waals surface area contributed by atoms with E-state index in [4.69, 9.17) is 0 Å². The molecule has 2 aliphatic heterocycles. The fourth-order valence-electron chi connectivity index (χ4n) is 3.04. The molecule has 5 nitrogen and oxygen atoms in total. The van der Waals surface area contributed by atoms with Crippen LogP contribution < -0.4 is 4.90 Å². The van der Waals surface area contributed by atoms with Gasteiger partial charge in [0.1, 0.15) is 5.82 Å². The Hall–Kier alpha value is -1.90. The summed E-state index contributed by atoms with van der Waals surface area (Å²) < 4.78 is 51.1. The number of carbonyl (C=O) groups is 1. The summed E-state index contributed by atoms with van der Waals surface area (Å²) in [6.07, 6.45) is -1.98. The number of aromatic nitrogens is 1. The lowest BCUT2D eigenvalue weighted by Gasteiger charge is -2.41. The molecule has 3 heterocycles. The van der Waals surface area contributed by atoms with Crippen LogP contribution in [0.1, 0.15) is 12.0 Å². The van der Waals surface area contributed by atoms with Crippen LogP contribution in [0.4, 0.5) is 19.0 Å². The normalized spacial score (nSPS) is 24.0. The molecule has 2 aliphatic rings. The summed E-state index contributed by atoms with van der Waals surface area (Å²) in [7, 11) is -1.55. The zero-order valence-electron chi connectivity index (χ0n) is 12.8. The molecule has 0 aliphatic carbocycles. The summed E-state index contributed by atoms with van der Waals surface area (Å²) in [5.74, 6) is 0.392. The van der Waals surface area contributed by atoms with Crippen LogP contribution in [0, 0.1) is 0 Å². The lowest BCUT2D eigenvalue weighted by molar-refractivity contribution is -0.138. The van der Waals surface area contributed by atoms with Crippen molar-refractivity contribution in [3.63, 3.8) is 0 Å². The number of anilines is 1. The quantitative estimate of drug-likeness (QED) is 0.718. The van der Waals surface area contributed by atoms with Gasteiger partial charge in [0.25, 0.3) is 0 Å². The monoisotopic (exact) mass is 359 g/mol. The second-order valence-corrected chi connectivity index (χ2v) is 7.26. The van der Waals surface area contributed by atoms with Gasteiger partial charge in [0.2, 0.25) is 5.91 Å². The first-order valence-electron chi connectivity index (χ1n) is 7.45. The number of nitrogens with zero attached hydrogens (tertiary/aromatic N) is 3. The zero-order valence-corrected chi connectivity index (χ0v) is 13.6. The molecular weight excluding hydrogens is 343 g/mol. The van der Waals surface area contributed by atoms with Crippen molar-refractivity contribution in [1.29, 1.82) is 0 Å². The fraction of sp³-hybridized carbons (Fsp3) is 0.467. The van der Waals surface area contributed by atoms with Crippen LogP contribution in [-0.2, 0) is 21.8 Å². The van der Waals surface area contributed by atoms with Gasteiger partial charge in [-0.2, -0.15) is 13.2 Å². The van der Waals surface area contributed by atoms with E-state index in [0.717, 1.165) is 12.3 Å². The van der Waals surface area contributed by atoms with Gasteiger partial charge in [-0.3, -0.25) is 9.00 Å². The molecule has 3 rings (SSSR count). The SMILES string of the molecule is C=CC(=O)N1CCN2c3ncc(C(F)(F)F)cc3S(=O)CC[C@@H]2C1. The first kappa shape index (κ1) is 16.9. The van der Waals surface area contributed by atoms with Crippen molar-refractivity contribution >= 4 is 22.5 Å². The predicted molar refractivity (Wildman–Crippen MR) is 83.0 cm³/mol. The molecule has 130 valence electrons. The Morgan fingerprint density at radius 2 is 2.17 bits per heavy atom. The van der Waals surface area contributed by atoms with Crippen LogP contribution in [0.5, 0.6) is 0 Å². The second kappa shape index (κ2) is 6.19. The Balaban J connectivity index is 1.95. The standard InChI is InChI=1S/C15H16F3N3O2S/c1-2-13(22)20-4-5-21-11(9-20)3-6-24(23)12-7-10(15(16,17)18)8-19-14(12)21/h2,7-8,11H,1,3-6,9H2/t11-,24?/m1/s1. The molecule has 2 atom stereocenters. The van der Waals surface area contributed by atoms with E-state index in [2.05, 4.69) is 11.6 Å². The molecule has 0 saturated carbocycles. The van der Waals surface area contributed by atoms with Crippen molar-refractivity contribution in [2.24, 2.45) is 0 Å². The number of carbonyl (C=O) groups excluding carboxylic acids is 1. The second-order valence-electron chi connectivity index (χ2n) is 5.72. The third-order valence-electron chi connectivity index (χ3n) is 4.28. The average molecular weight is 359 g/mol. The summed E-state index contributed by atoms with van der Waals surface area (Å²) in [4.78, 5) is 19.4. The molecule has 0 N–H and O–H groups in total. The maximum Gasteiger partial charge on any atom is 0.417 e. The van der Waals surface area contributed by atoms with Gasteiger partial charge in [0.05, 0.1) is 21.3 Å². The van der Waals surface area contributed by atoms with Crippen molar-refractivity contribution in [2.75, 3.05) is 30.3 Å². The summed E-state index contributed by atoms with van der Waals surface area (Å²) in [5, 5.41) is 0. The summed E-state index contributed by atoms with van der Waals surface area (Å²) >= 11 is 0. The van der Waals surface area contributed by atoms with E-state index in [1.54, 1.807) is 4.90 Å². The number of piperazine rings is 1. The average Bonchev–Trinajstić information content (AvgIpc) is 2.70. The number of hydrogen-bond donors (Lipinski definition) is 0. The van der Waals surface area contributed by atoms with Gasteiger partial charge in [-0.25, -0.2) is 4.98 Å². The highest BCUT2D eigenvalue weighted by Crippen LogP contribution is 2.35. The van der Waals surface area contributed by atoms with Gasteiger partial charge < -0.3 is 9.80 Å². The number of alkyl halides is 3. The number of fused-ring (bicyclic) bond motifs is 3. The molecule has 1 saturated heterocycles. The lowest BCUT2D eigenvalue weighted by atomic mass is 10.1. The first-order valence-corrected chi connectivity index (χ1v) is 8.76. The number of pyridine rings is 1. The maximum atomic E-state index is 12.9. The minimum atomic E-state index is -4.52. The van der Waals surface area contributed by atoms with Gasteiger partial charge in [0.15, 0.2) is 0 Å². The van der Waals surface area contributed by atoms with E-state index in [1.165, 1.54) is 6.08 Å². The van der Waals surface area contributed by atoms with Gasteiger partial charge in [-0.05, 0) is 18.6 Å². The van der Waals surface area contributed by atoms with E-state index in [9.17, 15) is 22.2 Å². The van der Waals surface area contributed by atoms with Gasteiger partial charge in [0, 0.05) is 37.6 Å². The Morgan fingerprint density at radius 3 is 2.83 bits per heavy atom. The van der Waals surface area contributed by atoms with Crippen molar-refractivity contribution in [2.45, 2.75) is 23.5 Å². The van der Waals surface area contributed by atoms with Crippen molar-refractivity contribution in [3.05, 3.63) is 30.5 Å². The van der Waals surface area contributed by atoms with Crippen LogP contribution in [-0.4, -0.2) is 51.4 Å². The minimum Gasteiger partial charge on any atom is -0.349 e. The Kier molecular flexibility index (Phi) is 4.37. The van der Waals surface area contributed by atoms with Crippen molar-refractivity contribution in [3.8, 4) is 0 Å². The number of amides is 1. The fourth-order valence-corrected chi connectivity index (χ4v) is 4.38. The number of halogens is 3. The van der Waals surface area contributed by atoms with Gasteiger partial charge >= 0.3 is 6.18 Å². The smallest absolute Gasteiger partial charge is 0.349 e. The molecule has 1 amide bonds. The van der Waals surface area contributed by atoms with E-state index in [-0.39, 0.29) is 22.6 Å². The molecule has 1 unspecified atom stereocenters. The minimum absolute atomic E-state index is 0.114. The van der Waals surface area contributed by atoms with Crippen LogP contribution >= 0.6 is 0 Å². The van der Waals surface area contributed by atoms with Crippen molar-refractivity contribution < 1.29 is 22.2 Å². The van der Waals surface area contributed by atoms with E-state index in [1.807, 2.05) is 4.90 Å². The van der Waals surface area contributed by atoms with Gasteiger partial charge in [-0.15, -0.1) is 0 Å². The molecule has 0 bridgehead atoms. The van der Waals surface area contributed by atoms with Crippen LogP contribution in [0.2, 0.25) is 0 Å². The topological polar surface area (TPSA) is 53.5 Å². The Labute approximate surface area is 139 Å². The number of rotatable bonds is 1. The van der Waals surface area contributed by atoms with Gasteiger partial charge in [-0.1, -0.05) is 6.58 Å². The van der Waals surface area contributed by atoms with E-state index >= 15 is 0 Å². The van der Waals surface area contributed by atoms with Crippen LogP contribution in [0.25, 0.3) is 0 Å². The Morgan fingerprint density at radius 1 is 1.42 bits per heavy atom. The highest BCUT2D eigenvalue weighted by atomic mass is 32.2. The maximum absolute atomic E-state index is 12.9. The zero-order chi connectivity index (χ0) is 17.5. The highest BCUT2D eigenvalue weighted by molar-refractivity contribution is 7.85. The summed E-state index contributed by atoms with van der Waals surface area (Å²) in [6, 6.07) is 0.819. The predicted octanol–water partition coefficient (Wildman–Crippen LogP) is 1.81. The highest BCUT2D eigenvalue weighted by Gasteiger charge is 2.37. The third kappa shape index (κ3) is 3.04. The van der Waals surface area contributed by atoms with E-state index < -0.39 is 22.5 Å². The molecule has 1 aromatic heterocycles.